The van der Waals surface area contributed by atoms with Gasteiger partial charge in [-0.15, -0.1) is 0 Å². The molecular weight excluding hydrogens is 378 g/mol. The highest BCUT2D eigenvalue weighted by Crippen LogP contribution is 2.65. The highest BCUT2D eigenvalue weighted by Gasteiger charge is 2.57. The molecule has 1 aromatic heterocycles. The third kappa shape index (κ3) is 3.91. The summed E-state index contributed by atoms with van der Waals surface area (Å²) in [6.07, 6.45) is 14.7. The third-order valence-corrected chi connectivity index (χ3v) is 8.89. The number of anilines is 1. The predicted molar refractivity (Wildman–Crippen MR) is 127 cm³/mol. The van der Waals surface area contributed by atoms with Gasteiger partial charge in [-0.25, -0.2) is 4.98 Å². The van der Waals surface area contributed by atoms with E-state index in [0.717, 1.165) is 30.7 Å². The highest BCUT2D eigenvalue weighted by molar-refractivity contribution is 5.37. The summed E-state index contributed by atoms with van der Waals surface area (Å²) < 4.78 is 0. The first-order valence-corrected chi connectivity index (χ1v) is 12.7. The monoisotopic (exact) mass is 415 g/mol. The molecule has 0 amide bonds. The standard InChI is InChI=1S/C28H37N3/c1-3-7-25(8-4-1)28-16-23-13-24(17-28)15-27(14-23,20-28)21-30-26-10-9-22(18-29-26)19-31-11-5-2-6-12-31/h1,3-4,7-10,18,23-24H,2,5-6,11-17,19-21H2,(H,29,30). The second kappa shape index (κ2) is 7.92. The molecule has 7 rings (SSSR count). The summed E-state index contributed by atoms with van der Waals surface area (Å²) in [4.78, 5) is 7.37. The predicted octanol–water partition coefficient (Wildman–Crippen LogP) is 6.02. The van der Waals surface area contributed by atoms with Gasteiger partial charge in [-0.1, -0.05) is 42.8 Å². The van der Waals surface area contributed by atoms with Gasteiger partial charge in [0.2, 0.25) is 0 Å². The van der Waals surface area contributed by atoms with E-state index in [0.29, 0.717) is 10.8 Å². The van der Waals surface area contributed by atoms with Crippen molar-refractivity contribution in [1.29, 1.82) is 0 Å². The lowest BCUT2D eigenvalue weighted by Crippen LogP contribution is -2.56. The lowest BCUT2D eigenvalue weighted by atomic mass is 9.43. The molecule has 2 atom stereocenters. The lowest BCUT2D eigenvalue weighted by Gasteiger charge is -2.62. The van der Waals surface area contributed by atoms with Crippen molar-refractivity contribution in [3.8, 4) is 0 Å². The van der Waals surface area contributed by atoms with Crippen molar-refractivity contribution >= 4 is 5.82 Å². The molecular formula is C28H37N3. The van der Waals surface area contributed by atoms with Gasteiger partial charge in [0, 0.05) is 19.3 Å². The van der Waals surface area contributed by atoms with Crippen molar-refractivity contribution in [2.75, 3.05) is 25.0 Å². The normalized spacial score (nSPS) is 34.7. The fraction of sp³-hybridized carbons (Fsp3) is 0.607. The Morgan fingerprint density at radius 2 is 1.68 bits per heavy atom. The second-order valence-electron chi connectivity index (χ2n) is 11.3. The average molecular weight is 416 g/mol. The molecule has 2 heterocycles. The zero-order valence-corrected chi connectivity index (χ0v) is 18.9. The molecule has 164 valence electrons. The number of hydrogen-bond acceptors (Lipinski definition) is 3. The van der Waals surface area contributed by atoms with Crippen molar-refractivity contribution in [3.05, 3.63) is 59.8 Å². The van der Waals surface area contributed by atoms with Crippen LogP contribution in [0.1, 0.15) is 68.9 Å². The maximum absolute atomic E-state index is 4.80. The van der Waals surface area contributed by atoms with Gasteiger partial charge in [-0.2, -0.15) is 0 Å². The van der Waals surface area contributed by atoms with Crippen LogP contribution >= 0.6 is 0 Å². The van der Waals surface area contributed by atoms with Crippen LogP contribution < -0.4 is 5.32 Å². The number of piperidine rings is 1. The Labute approximate surface area is 187 Å². The van der Waals surface area contributed by atoms with Gasteiger partial charge in [0.15, 0.2) is 0 Å². The topological polar surface area (TPSA) is 28.2 Å². The SMILES string of the molecule is c1ccc(C23CC4CC(CC(CNc5ccc(CN6CCCCC6)cn5)(C4)C2)C3)cc1. The smallest absolute Gasteiger partial charge is 0.125 e. The fourth-order valence-corrected chi connectivity index (χ4v) is 8.06. The van der Waals surface area contributed by atoms with Crippen LogP contribution in [0.4, 0.5) is 5.82 Å². The van der Waals surface area contributed by atoms with Crippen LogP contribution in [-0.2, 0) is 12.0 Å². The molecule has 2 aromatic rings. The van der Waals surface area contributed by atoms with Crippen molar-refractivity contribution in [2.45, 2.75) is 69.7 Å². The Bertz CT molecular complexity index is 870. The van der Waals surface area contributed by atoms with Gasteiger partial charge in [0.05, 0.1) is 0 Å². The first-order chi connectivity index (χ1) is 15.2. The molecule has 3 heteroatoms. The van der Waals surface area contributed by atoms with Gasteiger partial charge < -0.3 is 5.32 Å². The van der Waals surface area contributed by atoms with Crippen molar-refractivity contribution in [1.82, 2.24) is 9.88 Å². The Kier molecular flexibility index (Phi) is 5.06. The summed E-state index contributed by atoms with van der Waals surface area (Å²) in [7, 11) is 0. The van der Waals surface area contributed by atoms with Gasteiger partial charge in [-0.05, 0) is 104 Å². The van der Waals surface area contributed by atoms with Crippen LogP contribution in [0, 0.1) is 17.3 Å². The highest BCUT2D eigenvalue weighted by atomic mass is 15.1. The van der Waals surface area contributed by atoms with Crippen LogP contribution in [0.25, 0.3) is 0 Å². The third-order valence-electron chi connectivity index (χ3n) is 8.89. The average Bonchev–Trinajstić information content (AvgIpc) is 2.79. The largest absolute Gasteiger partial charge is 0.370 e. The molecule has 4 saturated carbocycles. The summed E-state index contributed by atoms with van der Waals surface area (Å²) in [5, 5.41) is 3.78. The Hall–Kier alpha value is -1.87. The second-order valence-corrected chi connectivity index (χ2v) is 11.3. The maximum atomic E-state index is 4.80. The van der Waals surface area contributed by atoms with E-state index in [1.54, 1.807) is 5.56 Å². The molecule has 2 unspecified atom stereocenters. The molecule has 0 radical (unpaired) electrons. The summed E-state index contributed by atoms with van der Waals surface area (Å²) >= 11 is 0. The lowest BCUT2D eigenvalue weighted by molar-refractivity contribution is -0.0645. The Morgan fingerprint density at radius 1 is 0.903 bits per heavy atom. The summed E-state index contributed by atoms with van der Waals surface area (Å²) in [6, 6.07) is 16.0. The van der Waals surface area contributed by atoms with Crippen molar-refractivity contribution in [3.63, 3.8) is 0 Å². The summed E-state index contributed by atoms with van der Waals surface area (Å²) in [6.45, 7) is 4.63. The number of aromatic nitrogens is 1. The molecule has 31 heavy (non-hydrogen) atoms. The zero-order chi connectivity index (χ0) is 20.7. The molecule has 5 aliphatic rings. The van der Waals surface area contributed by atoms with Crippen molar-refractivity contribution < 1.29 is 0 Å². The zero-order valence-electron chi connectivity index (χ0n) is 18.9. The van der Waals surface area contributed by atoms with E-state index in [9.17, 15) is 0 Å². The number of pyridine rings is 1. The first kappa shape index (κ1) is 19.8. The van der Waals surface area contributed by atoms with Crippen LogP contribution in [0.15, 0.2) is 48.7 Å². The van der Waals surface area contributed by atoms with Gasteiger partial charge in [-0.3, -0.25) is 4.90 Å². The molecule has 3 nitrogen and oxygen atoms in total. The first-order valence-electron chi connectivity index (χ1n) is 12.7. The number of benzene rings is 1. The molecule has 0 spiro atoms. The number of nitrogens with one attached hydrogen (secondary N) is 1. The van der Waals surface area contributed by atoms with Gasteiger partial charge >= 0.3 is 0 Å². The Morgan fingerprint density at radius 3 is 2.39 bits per heavy atom. The quantitative estimate of drug-likeness (QED) is 0.625. The molecule has 4 aliphatic carbocycles. The van der Waals surface area contributed by atoms with E-state index >= 15 is 0 Å². The van der Waals surface area contributed by atoms with Crippen molar-refractivity contribution in [2.24, 2.45) is 17.3 Å². The van der Waals surface area contributed by atoms with Gasteiger partial charge in [0.25, 0.3) is 0 Å². The van der Waals surface area contributed by atoms with Crippen LogP contribution in [0.2, 0.25) is 0 Å². The number of likely N-dealkylation sites (tertiary alicyclic amines) is 1. The molecule has 1 aromatic carbocycles. The molecule has 4 bridgehead atoms. The molecule has 1 N–H and O–H groups in total. The van der Waals surface area contributed by atoms with E-state index in [4.69, 9.17) is 4.98 Å². The maximum Gasteiger partial charge on any atom is 0.125 e. The fourth-order valence-electron chi connectivity index (χ4n) is 8.06. The van der Waals surface area contributed by atoms with E-state index in [1.165, 1.54) is 76.4 Å². The number of nitrogens with zero attached hydrogens (tertiary/aromatic N) is 2. The summed E-state index contributed by atoms with van der Waals surface area (Å²) in [5.41, 5.74) is 3.84. The summed E-state index contributed by atoms with van der Waals surface area (Å²) in [5.74, 6) is 2.90. The number of hydrogen-bond donors (Lipinski definition) is 1. The van der Waals surface area contributed by atoms with E-state index in [2.05, 4.69) is 58.9 Å². The Balaban J connectivity index is 1.13. The minimum atomic E-state index is 0.429. The van der Waals surface area contributed by atoms with Crippen LogP contribution in [0.5, 0.6) is 0 Å². The minimum absolute atomic E-state index is 0.429. The number of rotatable bonds is 6. The van der Waals surface area contributed by atoms with Crippen LogP contribution in [-0.4, -0.2) is 29.5 Å². The van der Waals surface area contributed by atoms with E-state index in [1.807, 2.05) is 0 Å². The molecule has 1 aliphatic heterocycles. The van der Waals surface area contributed by atoms with E-state index < -0.39 is 0 Å². The molecule has 5 fully saturated rings. The minimum Gasteiger partial charge on any atom is -0.370 e. The van der Waals surface area contributed by atoms with Crippen LogP contribution in [0.3, 0.4) is 0 Å². The van der Waals surface area contributed by atoms with Gasteiger partial charge in [0.1, 0.15) is 5.82 Å². The van der Waals surface area contributed by atoms with E-state index in [-0.39, 0.29) is 0 Å². The molecule has 1 saturated heterocycles.